The summed E-state index contributed by atoms with van der Waals surface area (Å²) >= 11 is 0. The van der Waals surface area contributed by atoms with Crippen molar-refractivity contribution in [3.8, 4) is 0 Å². The number of rotatable bonds is 0. The van der Waals surface area contributed by atoms with E-state index in [1.165, 1.54) is 0 Å². The molecule has 0 fully saturated rings. The van der Waals surface area contributed by atoms with Crippen molar-refractivity contribution in [2.24, 2.45) is 9.98 Å². The van der Waals surface area contributed by atoms with Crippen LogP contribution in [0, 0.1) is 0 Å². The first kappa shape index (κ1) is 52.6. The van der Waals surface area contributed by atoms with Gasteiger partial charge < -0.3 is 35.4 Å². The fourth-order valence-corrected chi connectivity index (χ4v) is 9.84. The van der Waals surface area contributed by atoms with Crippen LogP contribution >= 0.6 is 0 Å². The maximum absolute atomic E-state index is 5.19. The van der Waals surface area contributed by atoms with E-state index in [-0.39, 0.29) is 113 Å². The normalized spacial score (nSPS) is 23.3. The Balaban J connectivity index is 0.000000212. The van der Waals surface area contributed by atoms with Gasteiger partial charge in [0, 0.05) is 22.3 Å². The monoisotopic (exact) mass is 1050 g/mol. The Kier molecular flexibility index (Phi) is 13.6. The third-order valence-electron chi connectivity index (χ3n) is 15.8. The van der Waals surface area contributed by atoms with E-state index in [0.29, 0.717) is 0 Å². The number of fused-ring (bicyclic) bond motifs is 14. The minimum Gasteiger partial charge on any atom is -2.00 e. The van der Waals surface area contributed by atoms with Crippen molar-refractivity contribution >= 4 is 11.4 Å². The summed E-state index contributed by atoms with van der Waals surface area (Å²) in [6.07, 6.45) is 8.82. The van der Waals surface area contributed by atoms with Gasteiger partial charge in [-0.05, 0) is 44.6 Å². The Bertz CT molecular complexity index is 2690. The number of aromatic nitrogens is 6. The van der Waals surface area contributed by atoms with Gasteiger partial charge in [0.2, 0.25) is 0 Å². The predicted molar refractivity (Wildman–Crippen MR) is 261 cm³/mol. The predicted octanol–water partition coefficient (Wildman–Crippen LogP) is 10.2. The summed E-state index contributed by atoms with van der Waals surface area (Å²) in [7, 11) is 0. The fourth-order valence-electron chi connectivity index (χ4n) is 9.84. The molecule has 16 bridgehead atoms. The minimum atomic E-state index is -0.289. The molecular weight excluding hydrogens is 983 g/mol. The largest absolute Gasteiger partial charge is 4.00 e. The summed E-state index contributed by atoms with van der Waals surface area (Å²) in [5.41, 5.74) is 12.6. The van der Waals surface area contributed by atoms with Crippen molar-refractivity contribution in [2.45, 2.75) is 166 Å². The van der Waals surface area contributed by atoms with Crippen molar-refractivity contribution < 1.29 is 57.9 Å². The van der Waals surface area contributed by atoms with Crippen molar-refractivity contribution in [1.29, 1.82) is 0 Å². The molecule has 344 valence electrons. The van der Waals surface area contributed by atoms with Gasteiger partial charge in [0.1, 0.15) is 0 Å². The first-order valence-corrected chi connectivity index (χ1v) is 23.1. The van der Waals surface area contributed by atoms with Crippen LogP contribution in [-0.4, -0.2) is 23.5 Å². The number of nitrogens with zero attached hydrogens (tertiary/aromatic N) is 8. The van der Waals surface area contributed by atoms with Crippen molar-refractivity contribution in [2.75, 3.05) is 0 Å². The maximum atomic E-state index is 5.19. The molecule has 67 heavy (non-hydrogen) atoms. The molecule has 0 radical (unpaired) electrons. The van der Waals surface area contributed by atoms with Gasteiger partial charge in [-0.3, -0.25) is 9.98 Å². The minimum absolute atomic E-state index is 0. The Morgan fingerprint density at radius 2 is 0.478 bits per heavy atom. The van der Waals surface area contributed by atoms with Gasteiger partial charge in [0.25, 0.3) is 0 Å². The molecule has 9 nitrogen and oxygen atoms in total. The van der Waals surface area contributed by atoms with E-state index in [4.69, 9.17) is 39.9 Å². The zero-order chi connectivity index (χ0) is 46.2. The van der Waals surface area contributed by atoms with E-state index in [1.807, 2.05) is 0 Å². The molecular formula is C56H66N8OZr2. The first-order valence-electron chi connectivity index (χ1n) is 23.1. The summed E-state index contributed by atoms with van der Waals surface area (Å²) in [6, 6.07) is 26.0. The van der Waals surface area contributed by atoms with E-state index >= 15 is 0 Å². The second-order valence-electron chi connectivity index (χ2n) is 23.1. The average Bonchev–Trinajstić information content (AvgIpc) is 4.11. The van der Waals surface area contributed by atoms with E-state index in [9.17, 15) is 0 Å². The quantitative estimate of drug-likeness (QED) is 0.149. The molecule has 10 rings (SSSR count). The summed E-state index contributed by atoms with van der Waals surface area (Å²) in [5.74, 6) is 0. The van der Waals surface area contributed by atoms with Crippen LogP contribution in [0.15, 0.2) is 107 Å². The average molecular weight is 1050 g/mol. The third-order valence-corrected chi connectivity index (χ3v) is 15.8. The Labute approximate surface area is 437 Å². The molecule has 0 aromatic carbocycles. The number of aliphatic imine (C=N–C) groups is 2. The number of hydrogen-bond acceptors (Lipinski definition) is 2. The Hall–Kier alpha value is -3.77. The molecule has 0 saturated carbocycles. The van der Waals surface area contributed by atoms with Gasteiger partial charge in [0.05, 0.1) is 12.1 Å². The second-order valence-corrected chi connectivity index (χ2v) is 23.1. The molecule has 11 heteroatoms. The smallest absolute Gasteiger partial charge is 2.00 e. The molecule has 4 aliphatic rings. The van der Waals surface area contributed by atoms with E-state index in [0.717, 1.165) is 79.8 Å². The molecule has 10 heterocycles. The van der Waals surface area contributed by atoms with Gasteiger partial charge in [-0.1, -0.05) is 196 Å². The van der Waals surface area contributed by atoms with E-state index in [1.54, 1.807) is 0 Å². The van der Waals surface area contributed by atoms with Crippen LogP contribution in [0.3, 0.4) is 0 Å². The van der Waals surface area contributed by atoms with Crippen LogP contribution in [0.1, 0.15) is 179 Å². The summed E-state index contributed by atoms with van der Waals surface area (Å²) < 4.78 is 0. The molecule has 0 unspecified atom stereocenters. The second kappa shape index (κ2) is 17.3. The summed E-state index contributed by atoms with van der Waals surface area (Å²) in [4.78, 5) is 41.1. The van der Waals surface area contributed by atoms with Crippen molar-refractivity contribution in [1.82, 2.24) is 29.9 Å². The first-order chi connectivity index (χ1) is 29.7. The van der Waals surface area contributed by atoms with Crippen LogP contribution in [0.4, 0.5) is 0 Å². The SMILES string of the molecule is CC1(C)C2=N[C@@H](C=C2)C(C)(C)c2ccc([n-]2)C(C)(C)c2ccc([n-]2)C(C)(C)c2ccc1[n-]2.CC1(C)C2=N[C@@H](C=C2)C(C)(C)c2ccc([n-]2)C(C)(C)c2ccc([n-]2)C(C)(C)c2ccc1[n-]2.[O-2].[Zr+4].[Zr+4]. The maximum Gasteiger partial charge on any atom is 4.00 e. The molecule has 0 N–H and O–H groups in total. The van der Waals surface area contributed by atoms with Gasteiger partial charge in [-0.15, -0.1) is 11.4 Å². The van der Waals surface area contributed by atoms with Crippen LogP contribution in [0.25, 0.3) is 0 Å². The van der Waals surface area contributed by atoms with Crippen LogP contribution in [-0.2, 0) is 101 Å². The molecule has 0 spiro atoms. The fraction of sp³-hybridized carbons (Fsp3) is 0.464. The molecule has 6 aromatic rings. The van der Waals surface area contributed by atoms with Crippen LogP contribution in [0.5, 0.6) is 0 Å². The van der Waals surface area contributed by atoms with Crippen molar-refractivity contribution in [3.05, 3.63) is 165 Å². The zero-order valence-electron chi connectivity index (χ0n) is 42.4. The topological polar surface area (TPSA) is 138 Å². The van der Waals surface area contributed by atoms with E-state index in [2.05, 4.69) is 208 Å². The van der Waals surface area contributed by atoms with Gasteiger partial charge in [0.15, 0.2) is 0 Å². The Morgan fingerprint density at radius 1 is 0.299 bits per heavy atom. The molecule has 0 amide bonds. The van der Waals surface area contributed by atoms with E-state index < -0.39 is 0 Å². The molecule has 2 atom stereocenters. The van der Waals surface area contributed by atoms with Gasteiger partial charge in [-0.25, -0.2) is 0 Å². The van der Waals surface area contributed by atoms with Gasteiger partial charge >= 0.3 is 52.4 Å². The van der Waals surface area contributed by atoms with Crippen LogP contribution < -0.4 is 29.9 Å². The molecule has 4 aliphatic heterocycles. The molecule has 0 saturated heterocycles. The van der Waals surface area contributed by atoms with Crippen molar-refractivity contribution in [3.63, 3.8) is 0 Å². The Morgan fingerprint density at radius 3 is 0.701 bits per heavy atom. The van der Waals surface area contributed by atoms with Crippen LogP contribution in [0.2, 0.25) is 0 Å². The third kappa shape index (κ3) is 8.37. The standard InChI is InChI=1S/2C28H33N4.O.2Zr/c2*1-25(2)17-9-11-19(29-17)26(3,4)21-13-15-23(31-21)28(7,8)24-16-14-22(32-24)27(5,6)20-12-10-18(25)30-20;;;/h2*9-17H,1-8H3;;;/q2*-3;-2;2*+4/t2*17-;;;/m00.../s1. The number of hydrogen-bond donors (Lipinski definition) is 0. The van der Waals surface area contributed by atoms with Gasteiger partial charge in [-0.2, -0.15) is 56.9 Å². The number of allylic oxidation sites excluding steroid dienone is 2. The molecule has 0 aliphatic carbocycles. The zero-order valence-corrected chi connectivity index (χ0v) is 47.3. The molecule has 6 aromatic heterocycles. The summed E-state index contributed by atoms with van der Waals surface area (Å²) in [5, 5.41) is 0. The summed E-state index contributed by atoms with van der Waals surface area (Å²) in [6.45, 7) is 35.5.